The lowest BCUT2D eigenvalue weighted by atomic mass is 9.98. The molecular formula is C51H34N3PS. The Morgan fingerprint density at radius 3 is 1.89 bits per heavy atom. The van der Waals surface area contributed by atoms with E-state index in [1.54, 1.807) is 0 Å². The lowest BCUT2D eigenvalue weighted by Crippen LogP contribution is -2.26. The molecule has 11 aromatic rings. The molecule has 0 fully saturated rings. The Labute approximate surface area is 329 Å². The Morgan fingerprint density at radius 1 is 0.482 bits per heavy atom. The van der Waals surface area contributed by atoms with Gasteiger partial charge in [-0.15, -0.1) is 0 Å². The van der Waals surface area contributed by atoms with E-state index in [9.17, 15) is 0 Å². The summed E-state index contributed by atoms with van der Waals surface area (Å²) in [5, 5.41) is 10.8. The van der Waals surface area contributed by atoms with Crippen LogP contribution in [0.4, 0.5) is 0 Å². The van der Waals surface area contributed by atoms with Crippen LogP contribution in [0.15, 0.2) is 194 Å². The van der Waals surface area contributed by atoms with Crippen LogP contribution < -0.4 is 16.0 Å². The van der Waals surface area contributed by atoms with Crippen molar-refractivity contribution in [3.8, 4) is 11.1 Å². The number of aromatic nitrogens is 3. The third kappa shape index (κ3) is 5.29. The van der Waals surface area contributed by atoms with E-state index in [1.807, 2.05) is 18.3 Å². The molecule has 0 saturated carbocycles. The average Bonchev–Trinajstić information content (AvgIpc) is 3.65. The third-order valence-corrected chi connectivity index (χ3v) is 16.0. The fourth-order valence-corrected chi connectivity index (χ4v) is 12.1. The van der Waals surface area contributed by atoms with E-state index < -0.39 is 6.04 Å². The highest BCUT2D eigenvalue weighted by Gasteiger charge is 2.26. The first kappa shape index (κ1) is 32.9. The molecule has 0 bridgehead atoms. The zero-order chi connectivity index (χ0) is 37.2. The van der Waals surface area contributed by atoms with Crippen molar-refractivity contribution in [2.75, 3.05) is 0 Å². The predicted molar refractivity (Wildman–Crippen MR) is 241 cm³/mol. The number of pyridine rings is 2. The van der Waals surface area contributed by atoms with Crippen LogP contribution in [0.25, 0.3) is 71.0 Å². The molecule has 8 aromatic carbocycles. The average molecular weight is 752 g/mol. The van der Waals surface area contributed by atoms with Gasteiger partial charge in [0.15, 0.2) is 0 Å². The van der Waals surface area contributed by atoms with Crippen molar-refractivity contribution in [1.29, 1.82) is 0 Å². The smallest absolute Gasteiger partial charge is 0.146 e. The van der Waals surface area contributed by atoms with Gasteiger partial charge in [-0.1, -0.05) is 176 Å². The molecule has 3 aromatic heterocycles. The molecule has 3 nitrogen and oxygen atoms in total. The van der Waals surface area contributed by atoms with E-state index in [-0.39, 0.29) is 0 Å². The highest BCUT2D eigenvalue weighted by atomic mass is 32.4. The van der Waals surface area contributed by atoms with Gasteiger partial charge in [-0.25, -0.2) is 4.98 Å². The van der Waals surface area contributed by atoms with Crippen molar-refractivity contribution >= 4 is 93.8 Å². The molecule has 0 amide bonds. The van der Waals surface area contributed by atoms with Crippen molar-refractivity contribution in [3.05, 3.63) is 205 Å². The predicted octanol–water partition coefficient (Wildman–Crippen LogP) is 11.5. The largest absolute Gasteiger partial charge is 0.291 e. The maximum Gasteiger partial charge on any atom is 0.146 e. The fraction of sp³-hybridized carbons (Fsp3) is 0.0196. The van der Waals surface area contributed by atoms with E-state index in [2.05, 4.69) is 180 Å². The molecule has 0 spiro atoms. The Bertz CT molecular complexity index is 3310. The van der Waals surface area contributed by atoms with Gasteiger partial charge in [0.25, 0.3) is 0 Å². The molecule has 0 unspecified atom stereocenters. The Hall–Kier alpha value is -6.45. The van der Waals surface area contributed by atoms with Gasteiger partial charge in [0, 0.05) is 27.9 Å². The molecule has 0 N–H and O–H groups in total. The van der Waals surface area contributed by atoms with Gasteiger partial charge in [-0.2, -0.15) is 0 Å². The zero-order valence-electron chi connectivity index (χ0n) is 30.4. The number of nitrogens with zero attached hydrogens (tertiary/aromatic N) is 3. The van der Waals surface area contributed by atoms with E-state index in [0.29, 0.717) is 0 Å². The number of hydrogen-bond donors (Lipinski definition) is 0. The summed E-state index contributed by atoms with van der Waals surface area (Å²) in [7, 11) is 0. The van der Waals surface area contributed by atoms with Crippen molar-refractivity contribution in [2.24, 2.45) is 0 Å². The summed E-state index contributed by atoms with van der Waals surface area (Å²) in [5.41, 5.74) is 9.95. The topological polar surface area (TPSA) is 30.2 Å². The summed E-state index contributed by atoms with van der Waals surface area (Å²) in [6, 6.07) is 65.0. The first-order chi connectivity index (χ1) is 27.6. The molecule has 264 valence electrons. The molecule has 5 heteroatoms. The monoisotopic (exact) mass is 751 g/mol. The van der Waals surface area contributed by atoms with Crippen LogP contribution in [0.3, 0.4) is 0 Å². The van der Waals surface area contributed by atoms with Gasteiger partial charge < -0.3 is 0 Å². The lowest BCUT2D eigenvalue weighted by Gasteiger charge is -2.23. The second-order valence-electron chi connectivity index (χ2n) is 14.6. The summed E-state index contributed by atoms with van der Waals surface area (Å²) in [4.78, 5) is 10.4. The summed E-state index contributed by atoms with van der Waals surface area (Å²) >= 11 is 6.56. The quantitative estimate of drug-likeness (QED) is 0.125. The van der Waals surface area contributed by atoms with Crippen LogP contribution in [0.1, 0.15) is 11.1 Å². The van der Waals surface area contributed by atoms with E-state index in [0.717, 1.165) is 55.7 Å². The minimum absolute atomic E-state index is 0.853. The SMILES string of the molecule is S=P(c1ccccc1)(c1ccccc1)c1ccc(-c2ccc3c(ccc4c5ccccc5c5nc6cc(Cc7ccc8ccccc8c7)ccc6n5c34)c2)cn1. The van der Waals surface area contributed by atoms with Gasteiger partial charge in [-0.3, -0.25) is 9.38 Å². The summed E-state index contributed by atoms with van der Waals surface area (Å²) in [6.07, 6.45) is 2.85. The molecule has 0 aliphatic carbocycles. The van der Waals surface area contributed by atoms with Crippen molar-refractivity contribution < 1.29 is 0 Å². The fourth-order valence-electron chi connectivity index (χ4n) is 8.52. The zero-order valence-corrected chi connectivity index (χ0v) is 32.1. The van der Waals surface area contributed by atoms with Gasteiger partial charge in [0.1, 0.15) is 5.65 Å². The maximum atomic E-state index is 6.56. The lowest BCUT2D eigenvalue weighted by molar-refractivity contribution is 1.20. The number of benzene rings is 8. The Balaban J connectivity index is 1.03. The minimum atomic E-state index is -2.33. The number of imidazole rings is 1. The second-order valence-corrected chi connectivity index (χ2v) is 18.9. The number of fused-ring (bicyclic) bond motifs is 11. The van der Waals surface area contributed by atoms with Gasteiger partial charge in [0.2, 0.25) is 0 Å². The van der Waals surface area contributed by atoms with E-state index in [4.69, 9.17) is 21.8 Å². The highest BCUT2D eigenvalue weighted by molar-refractivity contribution is 8.25. The van der Waals surface area contributed by atoms with Crippen molar-refractivity contribution in [1.82, 2.24) is 14.4 Å². The van der Waals surface area contributed by atoms with Crippen LogP contribution >= 0.6 is 6.04 Å². The highest BCUT2D eigenvalue weighted by Crippen LogP contribution is 2.43. The number of hydrogen-bond acceptors (Lipinski definition) is 3. The van der Waals surface area contributed by atoms with Crippen LogP contribution in [0.5, 0.6) is 0 Å². The normalized spacial score (nSPS) is 12.1. The van der Waals surface area contributed by atoms with Crippen LogP contribution in [-0.2, 0) is 18.2 Å². The number of rotatable bonds is 6. The molecule has 11 rings (SSSR count). The van der Waals surface area contributed by atoms with Gasteiger partial charge >= 0.3 is 0 Å². The first-order valence-electron chi connectivity index (χ1n) is 19.0. The first-order valence-corrected chi connectivity index (χ1v) is 21.8. The van der Waals surface area contributed by atoms with E-state index in [1.165, 1.54) is 49.0 Å². The Kier molecular flexibility index (Phi) is 7.70. The van der Waals surface area contributed by atoms with Gasteiger partial charge in [0.05, 0.1) is 28.0 Å². The van der Waals surface area contributed by atoms with Crippen LogP contribution in [0, 0.1) is 0 Å². The minimum Gasteiger partial charge on any atom is -0.291 e. The van der Waals surface area contributed by atoms with Crippen LogP contribution in [-0.4, -0.2) is 14.4 Å². The van der Waals surface area contributed by atoms with E-state index >= 15 is 0 Å². The molecule has 0 atom stereocenters. The molecule has 3 heterocycles. The molecular weight excluding hydrogens is 718 g/mol. The summed E-state index contributed by atoms with van der Waals surface area (Å²) < 4.78 is 2.38. The molecule has 0 aliphatic rings. The second kappa shape index (κ2) is 13.1. The van der Waals surface area contributed by atoms with Crippen LogP contribution in [0.2, 0.25) is 0 Å². The van der Waals surface area contributed by atoms with Crippen molar-refractivity contribution in [3.63, 3.8) is 0 Å². The van der Waals surface area contributed by atoms with Crippen molar-refractivity contribution in [2.45, 2.75) is 6.42 Å². The summed E-state index contributed by atoms with van der Waals surface area (Å²) in [5.74, 6) is 0. The summed E-state index contributed by atoms with van der Waals surface area (Å²) in [6.45, 7) is 0. The standard InChI is InChI=1S/C51H34N3PS/c56-55(41-13-3-1-4-14-41,42-15-5-2-6-16-42)49-28-24-40(33-52-49)38-22-25-43-39(32-38)23-26-45-44-17-9-10-18-46(44)51-53-47-31-35(20-27-48(47)54(51)50(43)45)29-34-19-21-36-11-7-8-12-37(36)30-34/h1-28,30-33H,29H2. The molecule has 0 aliphatic heterocycles. The third-order valence-electron chi connectivity index (χ3n) is 11.3. The molecule has 0 radical (unpaired) electrons. The molecule has 0 saturated heterocycles. The van der Waals surface area contributed by atoms with Gasteiger partial charge in [-0.05, 0) is 79.5 Å². The maximum absolute atomic E-state index is 6.56. The molecule has 56 heavy (non-hydrogen) atoms. The Morgan fingerprint density at radius 2 is 1.12 bits per heavy atom.